The maximum absolute atomic E-state index is 13.6. The van der Waals surface area contributed by atoms with Gasteiger partial charge in [0, 0.05) is 12.0 Å². The van der Waals surface area contributed by atoms with Crippen LogP contribution in [-0.4, -0.2) is 11.8 Å². The fraction of sp³-hybridized carbons (Fsp3) is 0.500. The Hall–Kier alpha value is -1.36. The third-order valence-corrected chi connectivity index (χ3v) is 3.71. The number of carbonyl (C=O) groups is 1. The van der Waals surface area contributed by atoms with Crippen molar-refractivity contribution in [3.63, 3.8) is 0 Å². The van der Waals surface area contributed by atoms with E-state index in [0.29, 0.717) is 12.8 Å². The van der Waals surface area contributed by atoms with Crippen molar-refractivity contribution >= 4 is 5.78 Å². The zero-order chi connectivity index (χ0) is 14.0. The van der Waals surface area contributed by atoms with E-state index >= 15 is 0 Å². The fourth-order valence-electron chi connectivity index (χ4n) is 2.58. The van der Waals surface area contributed by atoms with Crippen molar-refractivity contribution in [3.05, 3.63) is 35.1 Å². The maximum Gasteiger partial charge on any atom is 0.195 e. The van der Waals surface area contributed by atoms with E-state index in [1.807, 2.05) is 0 Å². The second kappa shape index (κ2) is 5.74. The van der Waals surface area contributed by atoms with E-state index in [-0.39, 0.29) is 6.04 Å². The van der Waals surface area contributed by atoms with Crippen LogP contribution in [0, 0.1) is 23.4 Å². The van der Waals surface area contributed by atoms with Gasteiger partial charge in [-0.2, -0.15) is 0 Å². The molecule has 19 heavy (non-hydrogen) atoms. The first-order chi connectivity index (χ1) is 9.02. The number of hydrogen-bond donors (Lipinski definition) is 1. The first-order valence-electron chi connectivity index (χ1n) is 6.45. The summed E-state index contributed by atoms with van der Waals surface area (Å²) in [5.41, 5.74) is 5.52. The normalized spacial score (nSPS) is 24.0. The van der Waals surface area contributed by atoms with Crippen molar-refractivity contribution in [3.8, 4) is 0 Å². The molecule has 0 bridgehead atoms. The molecule has 2 nitrogen and oxygen atoms in total. The Labute approximate surface area is 109 Å². The van der Waals surface area contributed by atoms with Crippen LogP contribution >= 0.6 is 0 Å². The molecule has 2 rings (SSSR count). The van der Waals surface area contributed by atoms with Crippen LogP contribution in [0.5, 0.6) is 0 Å². The Bertz CT molecular complexity index is 490. The van der Waals surface area contributed by atoms with E-state index in [4.69, 9.17) is 5.73 Å². The summed E-state index contributed by atoms with van der Waals surface area (Å²) in [6, 6.07) is 1.42. The van der Waals surface area contributed by atoms with Crippen LogP contribution in [0.2, 0.25) is 0 Å². The Morgan fingerprint density at radius 3 is 2.47 bits per heavy atom. The summed E-state index contributed by atoms with van der Waals surface area (Å²) in [4.78, 5) is 12.2. The largest absolute Gasteiger partial charge is 0.327 e. The number of hydrogen-bond acceptors (Lipinski definition) is 2. The first kappa shape index (κ1) is 14.1. The monoisotopic (exact) mass is 271 g/mol. The quantitative estimate of drug-likeness (QED) is 0.510. The lowest BCUT2D eigenvalue weighted by atomic mass is 9.87. The van der Waals surface area contributed by atoms with Crippen molar-refractivity contribution < 1.29 is 18.0 Å². The second-order valence-corrected chi connectivity index (χ2v) is 5.00. The van der Waals surface area contributed by atoms with Crippen molar-refractivity contribution in [1.82, 2.24) is 0 Å². The van der Waals surface area contributed by atoms with Gasteiger partial charge in [0.1, 0.15) is 0 Å². The Morgan fingerprint density at radius 2 is 1.74 bits per heavy atom. The molecule has 5 heteroatoms. The molecule has 0 aromatic heterocycles. The highest BCUT2D eigenvalue weighted by Crippen LogP contribution is 2.27. The molecule has 2 atom stereocenters. The standard InChI is InChI=1S/C14H16F3NO/c15-10-7-6-9(12(16)13(10)17)14(19)8-4-2-1-3-5-11(8)18/h6-8,11H,1-5,18H2. The highest BCUT2D eigenvalue weighted by Gasteiger charge is 2.30. The molecular formula is C14H16F3NO. The van der Waals surface area contributed by atoms with Gasteiger partial charge in [0.2, 0.25) is 0 Å². The number of ketones is 1. The minimum Gasteiger partial charge on any atom is -0.327 e. The predicted octanol–water partition coefficient (Wildman–Crippen LogP) is 3.19. The third kappa shape index (κ3) is 2.81. The Balaban J connectivity index is 2.30. The first-order valence-corrected chi connectivity index (χ1v) is 6.45. The highest BCUT2D eigenvalue weighted by molar-refractivity contribution is 5.98. The van der Waals surface area contributed by atoms with Crippen LogP contribution in [0.25, 0.3) is 0 Å². The lowest BCUT2D eigenvalue weighted by Crippen LogP contribution is -2.35. The molecule has 1 saturated carbocycles. The van der Waals surface area contributed by atoms with E-state index < -0.39 is 34.7 Å². The number of nitrogens with two attached hydrogens (primary N) is 1. The summed E-state index contributed by atoms with van der Waals surface area (Å²) in [5, 5.41) is 0. The average molecular weight is 271 g/mol. The lowest BCUT2D eigenvalue weighted by Gasteiger charge is -2.20. The molecule has 1 aliphatic carbocycles. The van der Waals surface area contributed by atoms with Gasteiger partial charge in [-0.05, 0) is 25.0 Å². The van der Waals surface area contributed by atoms with Gasteiger partial charge in [0.05, 0.1) is 5.56 Å². The number of rotatable bonds is 2. The number of benzene rings is 1. The van der Waals surface area contributed by atoms with Crippen LogP contribution < -0.4 is 5.73 Å². The van der Waals surface area contributed by atoms with Gasteiger partial charge in [-0.3, -0.25) is 4.79 Å². The van der Waals surface area contributed by atoms with Gasteiger partial charge in [0.25, 0.3) is 0 Å². The maximum atomic E-state index is 13.6. The van der Waals surface area contributed by atoms with E-state index in [0.717, 1.165) is 31.4 Å². The molecule has 104 valence electrons. The SMILES string of the molecule is NC1CCCCCC1C(=O)c1ccc(F)c(F)c1F. The molecule has 1 aromatic carbocycles. The molecule has 0 heterocycles. The smallest absolute Gasteiger partial charge is 0.195 e. The van der Waals surface area contributed by atoms with E-state index in [1.54, 1.807) is 0 Å². The van der Waals surface area contributed by atoms with Gasteiger partial charge in [-0.1, -0.05) is 19.3 Å². The van der Waals surface area contributed by atoms with E-state index in [2.05, 4.69) is 0 Å². The summed E-state index contributed by atoms with van der Waals surface area (Å²) in [7, 11) is 0. The third-order valence-electron chi connectivity index (χ3n) is 3.71. The van der Waals surface area contributed by atoms with Gasteiger partial charge < -0.3 is 5.73 Å². The topological polar surface area (TPSA) is 43.1 Å². The number of halogens is 3. The fourth-order valence-corrected chi connectivity index (χ4v) is 2.58. The van der Waals surface area contributed by atoms with Gasteiger partial charge in [0.15, 0.2) is 23.2 Å². The average Bonchev–Trinajstić information content (AvgIpc) is 2.60. The zero-order valence-corrected chi connectivity index (χ0v) is 10.5. The molecule has 1 fully saturated rings. The molecule has 1 aliphatic rings. The molecule has 0 aliphatic heterocycles. The van der Waals surface area contributed by atoms with Crippen LogP contribution in [0.1, 0.15) is 42.5 Å². The van der Waals surface area contributed by atoms with Crippen molar-refractivity contribution in [2.45, 2.75) is 38.1 Å². The van der Waals surface area contributed by atoms with Crippen LogP contribution in [0.15, 0.2) is 12.1 Å². The molecular weight excluding hydrogens is 255 g/mol. The van der Waals surface area contributed by atoms with Gasteiger partial charge in [-0.25, -0.2) is 13.2 Å². The van der Waals surface area contributed by atoms with Crippen molar-refractivity contribution in [2.75, 3.05) is 0 Å². The predicted molar refractivity (Wildman–Crippen MR) is 65.2 cm³/mol. The number of Topliss-reactive ketones (excluding diaryl/α,β-unsaturated/α-hetero) is 1. The van der Waals surface area contributed by atoms with Crippen LogP contribution in [-0.2, 0) is 0 Å². The molecule has 2 N–H and O–H groups in total. The van der Waals surface area contributed by atoms with Gasteiger partial charge >= 0.3 is 0 Å². The Kier molecular flexibility index (Phi) is 4.24. The summed E-state index contributed by atoms with van der Waals surface area (Å²) in [6.07, 6.45) is 4.03. The summed E-state index contributed by atoms with van der Waals surface area (Å²) >= 11 is 0. The highest BCUT2D eigenvalue weighted by atomic mass is 19.2. The van der Waals surface area contributed by atoms with Crippen molar-refractivity contribution in [2.24, 2.45) is 11.7 Å². The van der Waals surface area contributed by atoms with Crippen LogP contribution in [0.3, 0.4) is 0 Å². The lowest BCUT2D eigenvalue weighted by molar-refractivity contribution is 0.0889. The molecule has 2 unspecified atom stereocenters. The van der Waals surface area contributed by atoms with Crippen molar-refractivity contribution in [1.29, 1.82) is 0 Å². The van der Waals surface area contributed by atoms with Crippen LogP contribution in [0.4, 0.5) is 13.2 Å². The molecule has 0 radical (unpaired) electrons. The van der Waals surface area contributed by atoms with E-state index in [9.17, 15) is 18.0 Å². The minimum atomic E-state index is -1.60. The molecule has 0 amide bonds. The summed E-state index contributed by atoms with van der Waals surface area (Å²) in [6.45, 7) is 0. The number of carbonyl (C=O) groups excluding carboxylic acids is 1. The molecule has 0 saturated heterocycles. The summed E-state index contributed by atoms with van der Waals surface area (Å²) < 4.78 is 39.6. The minimum absolute atomic E-state index is 0.345. The van der Waals surface area contributed by atoms with Gasteiger partial charge in [-0.15, -0.1) is 0 Å². The molecule has 0 spiro atoms. The summed E-state index contributed by atoms with van der Waals surface area (Å²) in [5.74, 6) is -5.35. The molecule has 1 aromatic rings. The second-order valence-electron chi connectivity index (χ2n) is 5.00. The Morgan fingerprint density at radius 1 is 1.05 bits per heavy atom. The van der Waals surface area contributed by atoms with E-state index in [1.165, 1.54) is 0 Å². The zero-order valence-electron chi connectivity index (χ0n) is 10.5.